The van der Waals surface area contributed by atoms with Crippen molar-refractivity contribution >= 4 is 38.0 Å². The fraction of sp³-hybridized carbons (Fsp3) is 0.143. The number of aryl methyl sites for hydroxylation is 1. The predicted molar refractivity (Wildman–Crippen MR) is 84.8 cm³/mol. The first-order valence-corrected chi connectivity index (χ1v) is 8.96. The molecule has 0 saturated heterocycles. The number of ether oxygens (including phenoxy) is 1. The van der Waals surface area contributed by atoms with Gasteiger partial charge in [-0.25, -0.2) is 8.42 Å². The van der Waals surface area contributed by atoms with E-state index in [2.05, 4.69) is 14.4 Å². The number of anilines is 1. The zero-order valence-corrected chi connectivity index (χ0v) is 13.8. The minimum Gasteiger partial charge on any atom is -0.406 e. The smallest absolute Gasteiger partial charge is 0.406 e. The van der Waals surface area contributed by atoms with E-state index in [4.69, 9.17) is 0 Å². The summed E-state index contributed by atoms with van der Waals surface area (Å²) in [5.41, 5.74) is 1.03. The van der Waals surface area contributed by atoms with Crippen LogP contribution in [0, 0.1) is 6.92 Å². The second kappa shape index (κ2) is 5.71. The summed E-state index contributed by atoms with van der Waals surface area (Å²) in [6.45, 7) is 1.71. The molecule has 128 valence electrons. The Balaban J connectivity index is 2.08. The number of sulfonamides is 1. The summed E-state index contributed by atoms with van der Waals surface area (Å²) in [5, 5.41) is 1.99. The number of H-pyrrole nitrogens is 1. The highest BCUT2D eigenvalue weighted by Crippen LogP contribution is 2.34. The maximum Gasteiger partial charge on any atom is 0.573 e. The number of halogens is 3. The molecule has 24 heavy (non-hydrogen) atoms. The van der Waals surface area contributed by atoms with Crippen LogP contribution in [0.15, 0.2) is 39.9 Å². The number of hydrogen-bond acceptors (Lipinski definition) is 4. The van der Waals surface area contributed by atoms with Crippen molar-refractivity contribution in [3.63, 3.8) is 0 Å². The first-order valence-electron chi connectivity index (χ1n) is 6.59. The minimum absolute atomic E-state index is 0.0201. The molecule has 0 aliphatic rings. The molecule has 0 spiro atoms. The Hall–Kier alpha value is -2.20. The Labute approximate surface area is 139 Å². The molecule has 0 amide bonds. The number of alkyl halides is 3. The van der Waals surface area contributed by atoms with E-state index in [9.17, 15) is 21.6 Å². The van der Waals surface area contributed by atoms with Crippen molar-refractivity contribution in [2.75, 3.05) is 4.72 Å². The van der Waals surface area contributed by atoms with E-state index in [0.717, 1.165) is 17.4 Å². The lowest BCUT2D eigenvalue weighted by atomic mass is 10.2. The molecule has 10 heteroatoms. The van der Waals surface area contributed by atoms with Crippen molar-refractivity contribution in [3.8, 4) is 5.75 Å². The third-order valence-corrected chi connectivity index (χ3v) is 5.84. The van der Waals surface area contributed by atoms with Gasteiger partial charge in [-0.2, -0.15) is 0 Å². The quantitative estimate of drug-likeness (QED) is 0.716. The Morgan fingerprint density at radius 1 is 1.25 bits per heavy atom. The van der Waals surface area contributed by atoms with Crippen molar-refractivity contribution in [1.29, 1.82) is 0 Å². The van der Waals surface area contributed by atoms with Crippen LogP contribution in [-0.2, 0) is 10.0 Å². The Morgan fingerprint density at radius 2 is 2.00 bits per heavy atom. The molecule has 0 aliphatic heterocycles. The highest BCUT2D eigenvalue weighted by molar-refractivity contribution is 7.94. The van der Waals surface area contributed by atoms with E-state index >= 15 is 0 Å². The van der Waals surface area contributed by atoms with Crippen molar-refractivity contribution in [3.05, 3.63) is 41.4 Å². The molecule has 0 radical (unpaired) electrons. The lowest BCUT2D eigenvalue weighted by molar-refractivity contribution is -0.274. The van der Waals surface area contributed by atoms with Crippen LogP contribution in [0.5, 0.6) is 5.75 Å². The number of aromatic amines is 1. The summed E-state index contributed by atoms with van der Waals surface area (Å²) < 4.78 is 68.4. The number of hydrogen-bond donors (Lipinski definition) is 2. The van der Waals surface area contributed by atoms with Gasteiger partial charge in [-0.1, -0.05) is 6.07 Å². The summed E-state index contributed by atoms with van der Waals surface area (Å²) in [7, 11) is -3.90. The van der Waals surface area contributed by atoms with Crippen molar-refractivity contribution in [1.82, 2.24) is 4.98 Å². The van der Waals surface area contributed by atoms with Crippen molar-refractivity contribution in [2.45, 2.75) is 17.5 Å². The molecule has 0 saturated carbocycles. The van der Waals surface area contributed by atoms with Gasteiger partial charge in [0.2, 0.25) is 0 Å². The van der Waals surface area contributed by atoms with E-state index in [-0.39, 0.29) is 9.90 Å². The van der Waals surface area contributed by atoms with Gasteiger partial charge in [-0.05, 0) is 30.5 Å². The summed E-state index contributed by atoms with van der Waals surface area (Å²) in [5.74, 6) is -0.502. The van der Waals surface area contributed by atoms with Gasteiger partial charge in [0.05, 0.1) is 11.2 Å². The largest absolute Gasteiger partial charge is 0.573 e. The molecule has 3 rings (SSSR count). The fourth-order valence-electron chi connectivity index (χ4n) is 2.24. The van der Waals surface area contributed by atoms with Gasteiger partial charge in [0.25, 0.3) is 10.0 Å². The van der Waals surface area contributed by atoms with E-state index in [1.807, 2.05) is 0 Å². The van der Waals surface area contributed by atoms with Gasteiger partial charge in [-0.15, -0.1) is 24.5 Å². The zero-order chi connectivity index (χ0) is 17.5. The highest BCUT2D eigenvalue weighted by atomic mass is 32.2. The summed E-state index contributed by atoms with van der Waals surface area (Å²) in [6, 6.07) is 6.75. The molecule has 0 atom stereocenters. The topological polar surface area (TPSA) is 71.2 Å². The van der Waals surface area contributed by atoms with Gasteiger partial charge in [0.1, 0.15) is 9.96 Å². The first kappa shape index (κ1) is 16.7. The van der Waals surface area contributed by atoms with Crippen LogP contribution < -0.4 is 9.46 Å². The average Bonchev–Trinajstić information content (AvgIpc) is 3.04. The zero-order valence-electron chi connectivity index (χ0n) is 12.1. The molecule has 5 nitrogen and oxygen atoms in total. The SMILES string of the molecule is Cc1cc2cc(OC(F)(F)F)cc(NS(=O)(=O)c3cccs3)c2[nH]1. The van der Waals surface area contributed by atoms with Gasteiger partial charge < -0.3 is 9.72 Å². The standard InChI is InChI=1S/C14H11F3N2O3S2/c1-8-5-9-6-10(22-14(15,16)17)7-11(13(9)18-8)19-24(20,21)12-3-2-4-23-12/h2-7,18-19H,1H3. The number of nitrogens with one attached hydrogen (secondary N) is 2. The molecule has 2 heterocycles. The molecular formula is C14H11F3N2O3S2. The normalized spacial score (nSPS) is 12.5. The molecule has 2 N–H and O–H groups in total. The third-order valence-electron chi connectivity index (χ3n) is 3.07. The second-order valence-corrected chi connectivity index (χ2v) is 7.83. The van der Waals surface area contributed by atoms with Gasteiger partial charge >= 0.3 is 6.36 Å². The lowest BCUT2D eigenvalue weighted by Crippen LogP contribution is -2.17. The van der Waals surface area contributed by atoms with E-state index in [1.165, 1.54) is 12.1 Å². The average molecular weight is 376 g/mol. The number of thiophene rings is 1. The molecule has 1 aromatic carbocycles. The van der Waals surface area contributed by atoms with Crippen molar-refractivity contribution in [2.24, 2.45) is 0 Å². The Bertz CT molecular complexity index is 977. The van der Waals surface area contributed by atoms with Crippen LogP contribution in [0.3, 0.4) is 0 Å². The van der Waals surface area contributed by atoms with Crippen molar-refractivity contribution < 1.29 is 26.3 Å². The summed E-state index contributed by atoms with van der Waals surface area (Å²) in [4.78, 5) is 2.92. The fourth-order valence-corrected chi connectivity index (χ4v) is 4.30. The maximum absolute atomic E-state index is 12.5. The van der Waals surface area contributed by atoms with E-state index in [1.54, 1.807) is 24.4 Å². The van der Waals surface area contributed by atoms with Crippen LogP contribution in [0.2, 0.25) is 0 Å². The van der Waals surface area contributed by atoms with E-state index in [0.29, 0.717) is 16.6 Å². The molecule has 0 fully saturated rings. The van der Waals surface area contributed by atoms with E-state index < -0.39 is 22.1 Å². The van der Waals surface area contributed by atoms with Gasteiger partial charge in [-0.3, -0.25) is 4.72 Å². The monoisotopic (exact) mass is 376 g/mol. The van der Waals surface area contributed by atoms with Crippen LogP contribution >= 0.6 is 11.3 Å². The third kappa shape index (κ3) is 3.49. The summed E-state index contributed by atoms with van der Waals surface area (Å²) in [6.07, 6.45) is -4.87. The maximum atomic E-state index is 12.5. The van der Waals surface area contributed by atoms with Gasteiger partial charge in [0, 0.05) is 17.1 Å². The molecule has 0 bridgehead atoms. The molecule has 0 unspecified atom stereocenters. The minimum atomic E-state index is -4.87. The predicted octanol–water partition coefficient (Wildman–Crippen LogP) is 4.24. The van der Waals surface area contributed by atoms with Crippen LogP contribution in [-0.4, -0.2) is 19.8 Å². The molecule has 0 aliphatic carbocycles. The lowest BCUT2D eigenvalue weighted by Gasteiger charge is -2.12. The summed E-state index contributed by atoms with van der Waals surface area (Å²) >= 11 is 1.00. The number of aromatic nitrogens is 1. The number of fused-ring (bicyclic) bond motifs is 1. The van der Waals surface area contributed by atoms with Crippen LogP contribution in [0.4, 0.5) is 18.9 Å². The van der Waals surface area contributed by atoms with Crippen LogP contribution in [0.1, 0.15) is 5.69 Å². The van der Waals surface area contributed by atoms with Crippen LogP contribution in [0.25, 0.3) is 10.9 Å². The first-order chi connectivity index (χ1) is 11.1. The molecule has 2 aromatic heterocycles. The Morgan fingerprint density at radius 3 is 2.62 bits per heavy atom. The molecule has 3 aromatic rings. The highest BCUT2D eigenvalue weighted by Gasteiger charge is 2.31. The van der Waals surface area contributed by atoms with Gasteiger partial charge in [0.15, 0.2) is 0 Å². The Kier molecular flexibility index (Phi) is 3.96. The molecular weight excluding hydrogens is 365 g/mol. The second-order valence-electron chi connectivity index (χ2n) is 4.97. The number of benzene rings is 1. The number of rotatable bonds is 4.